The van der Waals surface area contributed by atoms with Gasteiger partial charge in [0.25, 0.3) is 0 Å². The number of hydrogen-bond donors (Lipinski definition) is 0. The molecule has 1 fully saturated rings. The van der Waals surface area contributed by atoms with Crippen LogP contribution in [0.2, 0.25) is 0 Å². The van der Waals surface area contributed by atoms with Crippen molar-refractivity contribution < 1.29 is 4.79 Å². The lowest BCUT2D eigenvalue weighted by Gasteiger charge is -2.56. The van der Waals surface area contributed by atoms with E-state index in [-0.39, 0.29) is 5.12 Å². The number of rotatable bonds is 3. The lowest BCUT2D eigenvalue weighted by atomic mass is 9.48. The predicted molar refractivity (Wildman–Crippen MR) is 65.8 cm³/mol. The molecule has 0 unspecified atom stereocenters. The summed E-state index contributed by atoms with van der Waals surface area (Å²) in [6, 6.07) is 0. The van der Waals surface area contributed by atoms with Crippen LogP contribution in [0.15, 0.2) is 11.6 Å². The zero-order valence-electron chi connectivity index (χ0n) is 9.88. The standard InChI is InChI=1S/C13H20OS/c1-9(14)15-7-6-10-4-5-11-8-12(10)13(11,2)3/h4,11-12H,5-8H2,1-3H3/t11-,12-/m0/s1. The second kappa shape index (κ2) is 3.97. The van der Waals surface area contributed by atoms with Crippen molar-refractivity contribution in [2.45, 2.75) is 40.0 Å². The van der Waals surface area contributed by atoms with E-state index in [2.05, 4.69) is 19.9 Å². The summed E-state index contributed by atoms with van der Waals surface area (Å²) < 4.78 is 0. The van der Waals surface area contributed by atoms with Crippen LogP contribution in [0.3, 0.4) is 0 Å². The van der Waals surface area contributed by atoms with Crippen LogP contribution in [0.4, 0.5) is 0 Å². The summed E-state index contributed by atoms with van der Waals surface area (Å²) in [7, 11) is 0. The van der Waals surface area contributed by atoms with Gasteiger partial charge in [0.05, 0.1) is 0 Å². The summed E-state index contributed by atoms with van der Waals surface area (Å²) in [6.45, 7) is 6.46. The predicted octanol–water partition coefficient (Wildman–Crippen LogP) is 3.65. The highest BCUT2D eigenvalue weighted by molar-refractivity contribution is 8.13. The first-order valence-electron chi connectivity index (χ1n) is 5.84. The van der Waals surface area contributed by atoms with Crippen molar-refractivity contribution >= 4 is 16.9 Å². The molecule has 0 radical (unpaired) electrons. The van der Waals surface area contributed by atoms with E-state index in [0.717, 1.165) is 24.0 Å². The first-order valence-corrected chi connectivity index (χ1v) is 6.82. The minimum absolute atomic E-state index is 0.247. The highest BCUT2D eigenvalue weighted by Gasteiger charge is 2.50. The molecule has 1 saturated carbocycles. The Hall–Kier alpha value is -0.240. The number of hydrogen-bond acceptors (Lipinski definition) is 2. The van der Waals surface area contributed by atoms with E-state index in [0.29, 0.717) is 5.41 Å². The second-order valence-corrected chi connectivity index (χ2v) is 6.68. The van der Waals surface area contributed by atoms with Gasteiger partial charge in [-0.1, -0.05) is 37.3 Å². The van der Waals surface area contributed by atoms with Gasteiger partial charge < -0.3 is 0 Å². The summed E-state index contributed by atoms with van der Waals surface area (Å²) in [5.74, 6) is 2.70. The number of fused-ring (bicyclic) bond motifs is 1. The third kappa shape index (κ3) is 2.01. The Labute approximate surface area is 96.7 Å². The van der Waals surface area contributed by atoms with E-state index in [1.54, 1.807) is 12.5 Å². The Morgan fingerprint density at radius 1 is 1.60 bits per heavy atom. The van der Waals surface area contributed by atoms with Crippen molar-refractivity contribution in [1.29, 1.82) is 0 Å². The van der Waals surface area contributed by atoms with Gasteiger partial charge in [-0.2, -0.15) is 0 Å². The minimum atomic E-state index is 0.247. The van der Waals surface area contributed by atoms with Gasteiger partial charge in [0.2, 0.25) is 0 Å². The Kier molecular flexibility index (Phi) is 2.98. The minimum Gasteiger partial charge on any atom is -0.288 e. The van der Waals surface area contributed by atoms with E-state index < -0.39 is 0 Å². The second-order valence-electron chi connectivity index (χ2n) is 5.41. The fourth-order valence-corrected chi connectivity index (χ4v) is 3.70. The van der Waals surface area contributed by atoms with Crippen LogP contribution < -0.4 is 0 Å². The molecule has 15 heavy (non-hydrogen) atoms. The van der Waals surface area contributed by atoms with Crippen molar-refractivity contribution in [2.24, 2.45) is 17.3 Å². The normalized spacial score (nSPS) is 31.8. The SMILES string of the molecule is CC(=O)SCCC1=CC[C@H]2C[C@@H]1C2(C)C. The van der Waals surface area contributed by atoms with Gasteiger partial charge >= 0.3 is 0 Å². The van der Waals surface area contributed by atoms with Gasteiger partial charge in [-0.3, -0.25) is 4.79 Å². The van der Waals surface area contributed by atoms with Crippen molar-refractivity contribution in [3.8, 4) is 0 Å². The monoisotopic (exact) mass is 224 g/mol. The molecular formula is C13H20OS. The molecule has 0 aromatic carbocycles. The molecule has 3 aliphatic rings. The lowest BCUT2D eigenvalue weighted by Crippen LogP contribution is -2.48. The van der Waals surface area contributed by atoms with E-state index in [1.165, 1.54) is 24.6 Å². The number of carbonyl (C=O) groups excluding carboxylic acids is 1. The number of carbonyl (C=O) groups is 1. The molecule has 3 aliphatic carbocycles. The van der Waals surface area contributed by atoms with Crippen LogP contribution >= 0.6 is 11.8 Å². The van der Waals surface area contributed by atoms with Gasteiger partial charge in [-0.15, -0.1) is 0 Å². The zero-order valence-corrected chi connectivity index (χ0v) is 10.7. The third-order valence-corrected chi connectivity index (χ3v) is 5.09. The van der Waals surface area contributed by atoms with Crippen LogP contribution in [-0.4, -0.2) is 10.9 Å². The molecule has 0 heterocycles. The van der Waals surface area contributed by atoms with Gasteiger partial charge in [-0.05, 0) is 36.5 Å². The molecule has 2 heteroatoms. The molecule has 2 atom stereocenters. The van der Waals surface area contributed by atoms with Crippen LogP contribution in [-0.2, 0) is 4.79 Å². The lowest BCUT2D eigenvalue weighted by molar-refractivity contribution is -0.109. The average molecular weight is 224 g/mol. The maximum absolute atomic E-state index is 10.8. The van der Waals surface area contributed by atoms with E-state index in [4.69, 9.17) is 0 Å². The highest BCUT2D eigenvalue weighted by Crippen LogP contribution is 2.59. The van der Waals surface area contributed by atoms with Crippen LogP contribution in [0, 0.1) is 17.3 Å². The van der Waals surface area contributed by atoms with Gasteiger partial charge in [0, 0.05) is 12.7 Å². The Bertz CT molecular complexity index is 304. The summed E-state index contributed by atoms with van der Waals surface area (Å²) in [6.07, 6.45) is 6.21. The molecule has 0 amide bonds. The Morgan fingerprint density at radius 3 is 2.87 bits per heavy atom. The molecule has 0 aliphatic heterocycles. The zero-order chi connectivity index (χ0) is 11.1. The van der Waals surface area contributed by atoms with E-state index in [1.807, 2.05) is 0 Å². The molecule has 0 aromatic rings. The highest BCUT2D eigenvalue weighted by atomic mass is 32.2. The van der Waals surface area contributed by atoms with Gasteiger partial charge in [-0.25, -0.2) is 0 Å². The molecule has 2 bridgehead atoms. The molecule has 84 valence electrons. The fraction of sp³-hybridized carbons (Fsp3) is 0.769. The molecule has 3 rings (SSSR count). The van der Waals surface area contributed by atoms with Crippen LogP contribution in [0.1, 0.15) is 40.0 Å². The van der Waals surface area contributed by atoms with E-state index in [9.17, 15) is 4.79 Å². The molecule has 0 aromatic heterocycles. The largest absolute Gasteiger partial charge is 0.288 e. The summed E-state index contributed by atoms with van der Waals surface area (Å²) in [5, 5.41) is 0.247. The van der Waals surface area contributed by atoms with Crippen molar-refractivity contribution in [3.63, 3.8) is 0 Å². The van der Waals surface area contributed by atoms with Gasteiger partial charge in [0.15, 0.2) is 5.12 Å². The first-order chi connectivity index (χ1) is 7.01. The Morgan fingerprint density at radius 2 is 2.33 bits per heavy atom. The van der Waals surface area contributed by atoms with Crippen molar-refractivity contribution in [3.05, 3.63) is 11.6 Å². The fourth-order valence-electron chi connectivity index (χ4n) is 3.07. The smallest absolute Gasteiger partial charge is 0.185 e. The molecular weight excluding hydrogens is 204 g/mol. The third-order valence-electron chi connectivity index (χ3n) is 4.28. The average Bonchev–Trinajstić information content (AvgIpc) is 2.17. The quantitative estimate of drug-likeness (QED) is 0.681. The summed E-state index contributed by atoms with van der Waals surface area (Å²) in [4.78, 5) is 10.8. The molecule has 1 nitrogen and oxygen atoms in total. The van der Waals surface area contributed by atoms with Crippen LogP contribution in [0.5, 0.6) is 0 Å². The number of thioether (sulfide) groups is 1. The molecule has 0 spiro atoms. The first kappa shape index (κ1) is 11.3. The number of allylic oxidation sites excluding steroid dienone is 2. The van der Waals surface area contributed by atoms with Crippen molar-refractivity contribution in [1.82, 2.24) is 0 Å². The summed E-state index contributed by atoms with van der Waals surface area (Å²) in [5.41, 5.74) is 2.15. The Balaban J connectivity index is 1.88. The summed E-state index contributed by atoms with van der Waals surface area (Å²) >= 11 is 1.46. The van der Waals surface area contributed by atoms with Crippen LogP contribution in [0.25, 0.3) is 0 Å². The van der Waals surface area contributed by atoms with Crippen molar-refractivity contribution in [2.75, 3.05) is 5.75 Å². The molecule has 0 saturated heterocycles. The van der Waals surface area contributed by atoms with Gasteiger partial charge in [0.1, 0.15) is 0 Å². The maximum atomic E-state index is 10.8. The van der Waals surface area contributed by atoms with E-state index >= 15 is 0 Å². The molecule has 0 N–H and O–H groups in total. The maximum Gasteiger partial charge on any atom is 0.185 e. The topological polar surface area (TPSA) is 17.1 Å².